The minimum Gasteiger partial charge on any atom is -0.491 e. The first-order valence-corrected chi connectivity index (χ1v) is 6.61. The number of ether oxygens (including phenoxy) is 1. The second kappa shape index (κ2) is 5.89. The van der Waals surface area contributed by atoms with Crippen molar-refractivity contribution in [1.29, 1.82) is 0 Å². The van der Waals surface area contributed by atoms with Gasteiger partial charge in [0, 0.05) is 11.3 Å². The fourth-order valence-corrected chi connectivity index (χ4v) is 2.45. The molecule has 1 heterocycles. The molecule has 0 aliphatic heterocycles. The maximum absolute atomic E-state index is 11.0. The lowest BCUT2D eigenvalue weighted by molar-refractivity contribution is 0.0692. The standard InChI is InChI=1S/C13H11ClO3S/c14-11-5-1-4-10(13(15)16)12(11)17-7-6-9-3-2-8-18-9/h1-5,8H,6-7H2,(H,15,16). The molecule has 1 N–H and O–H groups in total. The second-order valence-corrected chi connectivity index (χ2v) is 5.04. The molecule has 2 rings (SSSR count). The van der Waals surface area contributed by atoms with Gasteiger partial charge in [0.1, 0.15) is 5.56 Å². The normalized spacial score (nSPS) is 10.3. The highest BCUT2D eigenvalue weighted by atomic mass is 35.5. The molecule has 0 saturated carbocycles. The van der Waals surface area contributed by atoms with Crippen molar-refractivity contribution in [1.82, 2.24) is 0 Å². The van der Waals surface area contributed by atoms with Crippen molar-refractivity contribution in [2.75, 3.05) is 6.61 Å². The van der Waals surface area contributed by atoms with Crippen LogP contribution in [0.25, 0.3) is 0 Å². The molecule has 0 fully saturated rings. The molecule has 0 bridgehead atoms. The summed E-state index contributed by atoms with van der Waals surface area (Å²) in [5.41, 5.74) is 0.0914. The molecule has 0 atom stereocenters. The SMILES string of the molecule is O=C(O)c1cccc(Cl)c1OCCc1cccs1. The largest absolute Gasteiger partial charge is 0.491 e. The zero-order valence-electron chi connectivity index (χ0n) is 9.43. The summed E-state index contributed by atoms with van der Waals surface area (Å²) in [6, 6.07) is 8.68. The smallest absolute Gasteiger partial charge is 0.339 e. The van der Waals surface area contributed by atoms with E-state index < -0.39 is 5.97 Å². The number of hydrogen-bond acceptors (Lipinski definition) is 3. The van der Waals surface area contributed by atoms with E-state index in [2.05, 4.69) is 0 Å². The van der Waals surface area contributed by atoms with Gasteiger partial charge in [-0.3, -0.25) is 0 Å². The van der Waals surface area contributed by atoms with Crippen LogP contribution in [0.2, 0.25) is 5.02 Å². The van der Waals surface area contributed by atoms with Crippen LogP contribution in [0.1, 0.15) is 15.2 Å². The molecule has 0 radical (unpaired) electrons. The van der Waals surface area contributed by atoms with Gasteiger partial charge in [0.25, 0.3) is 0 Å². The predicted octanol–water partition coefficient (Wildman–Crippen LogP) is 3.72. The van der Waals surface area contributed by atoms with Gasteiger partial charge in [0.05, 0.1) is 11.6 Å². The second-order valence-electron chi connectivity index (χ2n) is 3.60. The van der Waals surface area contributed by atoms with Crippen LogP contribution >= 0.6 is 22.9 Å². The van der Waals surface area contributed by atoms with Crippen molar-refractivity contribution in [3.05, 3.63) is 51.2 Å². The Labute approximate surface area is 114 Å². The maximum atomic E-state index is 11.0. The van der Waals surface area contributed by atoms with Gasteiger partial charge in [0.15, 0.2) is 5.75 Å². The van der Waals surface area contributed by atoms with E-state index in [4.69, 9.17) is 21.4 Å². The third kappa shape index (κ3) is 3.03. The molecular formula is C13H11ClO3S. The van der Waals surface area contributed by atoms with Gasteiger partial charge >= 0.3 is 5.97 Å². The fourth-order valence-electron chi connectivity index (χ4n) is 1.53. The predicted molar refractivity (Wildman–Crippen MR) is 71.9 cm³/mol. The van der Waals surface area contributed by atoms with Gasteiger partial charge in [-0.25, -0.2) is 4.79 Å². The van der Waals surface area contributed by atoms with Crippen LogP contribution in [-0.4, -0.2) is 17.7 Å². The Balaban J connectivity index is 2.06. The van der Waals surface area contributed by atoms with Crippen LogP contribution in [-0.2, 0) is 6.42 Å². The summed E-state index contributed by atoms with van der Waals surface area (Å²) < 4.78 is 5.50. The zero-order valence-corrected chi connectivity index (χ0v) is 11.0. The Bertz CT molecular complexity index is 537. The molecule has 94 valence electrons. The molecule has 3 nitrogen and oxygen atoms in total. The number of rotatable bonds is 5. The van der Waals surface area contributed by atoms with E-state index >= 15 is 0 Å². The third-order valence-corrected chi connectivity index (χ3v) is 3.61. The fraction of sp³-hybridized carbons (Fsp3) is 0.154. The first-order chi connectivity index (χ1) is 8.68. The molecule has 18 heavy (non-hydrogen) atoms. The van der Waals surface area contributed by atoms with E-state index in [0.29, 0.717) is 11.6 Å². The molecule has 1 aromatic carbocycles. The number of carbonyl (C=O) groups is 1. The average molecular weight is 283 g/mol. The van der Waals surface area contributed by atoms with Crippen LogP contribution in [0.15, 0.2) is 35.7 Å². The molecule has 5 heteroatoms. The molecule has 2 aromatic rings. The van der Waals surface area contributed by atoms with Gasteiger partial charge in [-0.05, 0) is 23.6 Å². The number of hydrogen-bond donors (Lipinski definition) is 1. The summed E-state index contributed by atoms with van der Waals surface area (Å²) in [5, 5.41) is 11.4. The molecule has 0 amide bonds. The minimum absolute atomic E-state index is 0.0914. The number of halogens is 1. The van der Waals surface area contributed by atoms with E-state index in [9.17, 15) is 4.79 Å². The average Bonchev–Trinajstić information content (AvgIpc) is 2.84. The van der Waals surface area contributed by atoms with Crippen molar-refractivity contribution in [3.63, 3.8) is 0 Å². The van der Waals surface area contributed by atoms with E-state index in [1.807, 2.05) is 17.5 Å². The Morgan fingerprint density at radius 2 is 2.17 bits per heavy atom. The van der Waals surface area contributed by atoms with Crippen LogP contribution in [0.3, 0.4) is 0 Å². The van der Waals surface area contributed by atoms with Crippen LogP contribution in [0.5, 0.6) is 5.75 Å². The van der Waals surface area contributed by atoms with E-state index in [0.717, 1.165) is 6.42 Å². The number of aromatic carboxylic acids is 1. The Morgan fingerprint density at radius 1 is 1.33 bits per heavy atom. The molecule has 0 spiro atoms. The minimum atomic E-state index is -1.04. The molecule has 0 unspecified atom stereocenters. The first kappa shape index (κ1) is 12.9. The first-order valence-electron chi connectivity index (χ1n) is 5.35. The van der Waals surface area contributed by atoms with Gasteiger partial charge < -0.3 is 9.84 Å². The number of benzene rings is 1. The zero-order chi connectivity index (χ0) is 13.0. The Hall–Kier alpha value is -1.52. The lowest BCUT2D eigenvalue weighted by Crippen LogP contribution is -2.06. The van der Waals surface area contributed by atoms with Gasteiger partial charge in [-0.1, -0.05) is 23.7 Å². The quantitative estimate of drug-likeness (QED) is 0.909. The molecule has 0 aliphatic rings. The van der Waals surface area contributed by atoms with Crippen molar-refractivity contribution in [2.45, 2.75) is 6.42 Å². The van der Waals surface area contributed by atoms with Gasteiger partial charge in [-0.2, -0.15) is 0 Å². The number of carboxylic acid groups (broad SMARTS) is 1. The molecule has 1 aromatic heterocycles. The molecule has 0 saturated heterocycles. The number of para-hydroxylation sites is 1. The van der Waals surface area contributed by atoms with Crippen molar-refractivity contribution in [2.24, 2.45) is 0 Å². The maximum Gasteiger partial charge on any atom is 0.339 e. The molecular weight excluding hydrogens is 272 g/mol. The number of carboxylic acids is 1. The summed E-state index contributed by atoms with van der Waals surface area (Å²) in [4.78, 5) is 12.2. The summed E-state index contributed by atoms with van der Waals surface area (Å²) in [6.45, 7) is 0.407. The highest BCUT2D eigenvalue weighted by Crippen LogP contribution is 2.28. The van der Waals surface area contributed by atoms with E-state index in [1.54, 1.807) is 23.5 Å². The summed E-state index contributed by atoms with van der Waals surface area (Å²) in [6.07, 6.45) is 0.738. The van der Waals surface area contributed by atoms with Crippen LogP contribution in [0, 0.1) is 0 Å². The lowest BCUT2D eigenvalue weighted by atomic mass is 10.2. The van der Waals surface area contributed by atoms with E-state index in [-0.39, 0.29) is 11.3 Å². The highest BCUT2D eigenvalue weighted by molar-refractivity contribution is 7.09. The Morgan fingerprint density at radius 3 is 2.83 bits per heavy atom. The summed E-state index contributed by atoms with van der Waals surface area (Å²) >= 11 is 7.59. The van der Waals surface area contributed by atoms with E-state index in [1.165, 1.54) is 10.9 Å². The Kier molecular flexibility index (Phi) is 4.23. The molecule has 0 aliphatic carbocycles. The summed E-state index contributed by atoms with van der Waals surface area (Å²) in [5.74, 6) is -0.799. The monoisotopic (exact) mass is 282 g/mol. The highest BCUT2D eigenvalue weighted by Gasteiger charge is 2.14. The van der Waals surface area contributed by atoms with Crippen molar-refractivity contribution >= 4 is 28.9 Å². The third-order valence-electron chi connectivity index (χ3n) is 2.37. The lowest BCUT2D eigenvalue weighted by Gasteiger charge is -2.10. The van der Waals surface area contributed by atoms with Crippen molar-refractivity contribution in [3.8, 4) is 5.75 Å². The topological polar surface area (TPSA) is 46.5 Å². The van der Waals surface area contributed by atoms with Gasteiger partial charge in [-0.15, -0.1) is 11.3 Å². The van der Waals surface area contributed by atoms with Gasteiger partial charge in [0.2, 0.25) is 0 Å². The summed E-state index contributed by atoms with van der Waals surface area (Å²) in [7, 11) is 0. The van der Waals surface area contributed by atoms with Crippen LogP contribution < -0.4 is 4.74 Å². The number of thiophene rings is 1. The van der Waals surface area contributed by atoms with Crippen LogP contribution in [0.4, 0.5) is 0 Å². The van der Waals surface area contributed by atoms with Crippen molar-refractivity contribution < 1.29 is 14.6 Å².